The summed E-state index contributed by atoms with van der Waals surface area (Å²) in [4.78, 5) is 38.9. The molecule has 0 bridgehead atoms. The van der Waals surface area contributed by atoms with Crippen LogP contribution in [-0.2, 0) is 32.0 Å². The van der Waals surface area contributed by atoms with Crippen molar-refractivity contribution in [3.8, 4) is 5.75 Å². The topological polar surface area (TPSA) is 82.1 Å². The molecule has 152 valence electrons. The van der Waals surface area contributed by atoms with Gasteiger partial charge in [-0.3, -0.25) is 4.79 Å². The lowest BCUT2D eigenvalue weighted by molar-refractivity contribution is -0.155. The first-order chi connectivity index (χ1) is 14.0. The monoisotopic (exact) mass is 397 g/mol. The molecule has 0 N–H and O–H groups in total. The van der Waals surface area contributed by atoms with Gasteiger partial charge in [-0.05, 0) is 30.2 Å². The fourth-order valence-electron chi connectivity index (χ4n) is 3.34. The Balaban J connectivity index is 1.72. The standard InChI is InChI=1S/C22H23NO6/c1-3-28-19-11-7-6-10-17(19)21(25)29-14-20(24)23-13-16-9-5-4-8-15(16)12-18(23)22(26)27-2/h4-11,18H,3,12-14H2,1-2H3/t18-/m0/s1. The molecule has 1 aliphatic rings. The first-order valence-electron chi connectivity index (χ1n) is 9.38. The second-order valence-electron chi connectivity index (χ2n) is 6.54. The van der Waals surface area contributed by atoms with Crippen LogP contribution in [0.5, 0.6) is 5.75 Å². The largest absolute Gasteiger partial charge is 0.493 e. The third kappa shape index (κ3) is 4.56. The Bertz CT molecular complexity index is 910. The molecule has 0 fully saturated rings. The van der Waals surface area contributed by atoms with E-state index in [0.717, 1.165) is 11.1 Å². The highest BCUT2D eigenvalue weighted by Crippen LogP contribution is 2.24. The highest BCUT2D eigenvalue weighted by atomic mass is 16.5. The zero-order valence-corrected chi connectivity index (χ0v) is 16.4. The summed E-state index contributed by atoms with van der Waals surface area (Å²) in [7, 11) is 1.29. The number of hydrogen-bond donors (Lipinski definition) is 0. The molecule has 0 aromatic heterocycles. The van der Waals surface area contributed by atoms with Gasteiger partial charge in [-0.15, -0.1) is 0 Å². The van der Waals surface area contributed by atoms with Gasteiger partial charge in [-0.1, -0.05) is 36.4 Å². The number of hydrogen-bond acceptors (Lipinski definition) is 6. The maximum atomic E-state index is 12.8. The van der Waals surface area contributed by atoms with Gasteiger partial charge in [0.25, 0.3) is 5.91 Å². The van der Waals surface area contributed by atoms with E-state index in [1.807, 2.05) is 31.2 Å². The van der Waals surface area contributed by atoms with Gasteiger partial charge < -0.3 is 19.1 Å². The number of fused-ring (bicyclic) bond motifs is 1. The van der Waals surface area contributed by atoms with Crippen molar-refractivity contribution in [3.63, 3.8) is 0 Å². The third-order valence-electron chi connectivity index (χ3n) is 4.78. The normalized spacial score (nSPS) is 15.2. The van der Waals surface area contributed by atoms with E-state index in [0.29, 0.717) is 18.8 Å². The highest BCUT2D eigenvalue weighted by molar-refractivity contribution is 5.94. The van der Waals surface area contributed by atoms with Crippen molar-refractivity contribution in [2.75, 3.05) is 20.3 Å². The fraction of sp³-hybridized carbons (Fsp3) is 0.318. The Labute approximate surface area is 169 Å². The van der Waals surface area contributed by atoms with E-state index < -0.39 is 30.5 Å². The summed E-state index contributed by atoms with van der Waals surface area (Å²) in [5.41, 5.74) is 2.19. The van der Waals surface area contributed by atoms with Crippen LogP contribution in [0.25, 0.3) is 0 Å². The van der Waals surface area contributed by atoms with Crippen LogP contribution < -0.4 is 4.74 Å². The van der Waals surface area contributed by atoms with Crippen LogP contribution in [0, 0.1) is 0 Å². The number of methoxy groups -OCH3 is 1. The molecule has 0 spiro atoms. The van der Waals surface area contributed by atoms with Crippen LogP contribution in [0.2, 0.25) is 0 Å². The molecule has 7 heteroatoms. The summed E-state index contributed by atoms with van der Waals surface area (Å²) in [5, 5.41) is 0. The van der Waals surface area contributed by atoms with Crippen molar-refractivity contribution in [2.24, 2.45) is 0 Å². The predicted octanol–water partition coefficient (Wildman–Crippen LogP) is 2.37. The van der Waals surface area contributed by atoms with Gasteiger partial charge in [0, 0.05) is 13.0 Å². The summed E-state index contributed by atoms with van der Waals surface area (Å²) in [6.07, 6.45) is 0.357. The van der Waals surface area contributed by atoms with Crippen molar-refractivity contribution in [1.82, 2.24) is 4.90 Å². The van der Waals surface area contributed by atoms with E-state index >= 15 is 0 Å². The molecule has 29 heavy (non-hydrogen) atoms. The van der Waals surface area contributed by atoms with Crippen molar-refractivity contribution < 1.29 is 28.6 Å². The minimum absolute atomic E-state index is 0.246. The number of ether oxygens (including phenoxy) is 3. The lowest BCUT2D eigenvalue weighted by atomic mass is 9.94. The molecular formula is C22H23NO6. The maximum absolute atomic E-state index is 12.8. The quantitative estimate of drug-likeness (QED) is 0.696. The molecule has 2 aromatic carbocycles. The molecule has 0 unspecified atom stereocenters. The molecule has 1 aliphatic heterocycles. The van der Waals surface area contributed by atoms with Gasteiger partial charge in [0.05, 0.1) is 13.7 Å². The van der Waals surface area contributed by atoms with Gasteiger partial charge in [-0.2, -0.15) is 0 Å². The molecule has 3 rings (SSSR count). The number of rotatable bonds is 6. The van der Waals surface area contributed by atoms with Crippen LogP contribution in [0.4, 0.5) is 0 Å². The lowest BCUT2D eigenvalue weighted by Crippen LogP contribution is -2.50. The second-order valence-corrected chi connectivity index (χ2v) is 6.54. The van der Waals surface area contributed by atoms with Gasteiger partial charge in [0.1, 0.15) is 17.4 Å². The SMILES string of the molecule is CCOc1ccccc1C(=O)OCC(=O)N1Cc2ccccc2C[C@H]1C(=O)OC. The molecule has 1 heterocycles. The summed E-state index contributed by atoms with van der Waals surface area (Å²) in [6, 6.07) is 13.5. The van der Waals surface area contributed by atoms with Crippen molar-refractivity contribution in [1.29, 1.82) is 0 Å². The minimum Gasteiger partial charge on any atom is -0.493 e. The van der Waals surface area contributed by atoms with Gasteiger partial charge >= 0.3 is 11.9 Å². The number of carbonyl (C=O) groups is 3. The molecule has 1 atom stereocenters. The van der Waals surface area contributed by atoms with Crippen LogP contribution in [-0.4, -0.2) is 49.1 Å². The van der Waals surface area contributed by atoms with Crippen molar-refractivity contribution in [3.05, 3.63) is 65.2 Å². The number of para-hydroxylation sites is 1. The average Bonchev–Trinajstić information content (AvgIpc) is 2.76. The van der Waals surface area contributed by atoms with Gasteiger partial charge in [0.2, 0.25) is 0 Å². The number of esters is 2. The number of amides is 1. The van der Waals surface area contributed by atoms with E-state index in [-0.39, 0.29) is 12.1 Å². The molecular weight excluding hydrogens is 374 g/mol. The van der Waals surface area contributed by atoms with Crippen molar-refractivity contribution in [2.45, 2.75) is 25.9 Å². The predicted molar refractivity (Wildman–Crippen MR) is 104 cm³/mol. The summed E-state index contributed by atoms with van der Waals surface area (Å²) in [6.45, 7) is 1.99. The fourth-order valence-corrected chi connectivity index (χ4v) is 3.34. The zero-order valence-electron chi connectivity index (χ0n) is 16.4. The Kier molecular flexibility index (Phi) is 6.49. The van der Waals surface area contributed by atoms with Crippen LogP contribution in [0.1, 0.15) is 28.4 Å². The summed E-state index contributed by atoms with van der Waals surface area (Å²) < 4.78 is 15.5. The van der Waals surface area contributed by atoms with Gasteiger partial charge in [0.15, 0.2) is 6.61 Å². The van der Waals surface area contributed by atoms with Crippen molar-refractivity contribution >= 4 is 17.8 Å². The molecule has 0 aliphatic carbocycles. The Morgan fingerprint density at radius 3 is 2.45 bits per heavy atom. The molecule has 0 saturated carbocycles. The number of carbonyl (C=O) groups excluding carboxylic acids is 3. The van der Waals surface area contributed by atoms with Gasteiger partial charge in [-0.25, -0.2) is 9.59 Å². The molecule has 1 amide bonds. The zero-order chi connectivity index (χ0) is 20.8. The van der Waals surface area contributed by atoms with E-state index in [9.17, 15) is 14.4 Å². The maximum Gasteiger partial charge on any atom is 0.342 e. The third-order valence-corrected chi connectivity index (χ3v) is 4.78. The van der Waals surface area contributed by atoms with E-state index in [4.69, 9.17) is 14.2 Å². The first-order valence-corrected chi connectivity index (χ1v) is 9.38. The second kappa shape index (κ2) is 9.23. The highest BCUT2D eigenvalue weighted by Gasteiger charge is 2.35. The lowest BCUT2D eigenvalue weighted by Gasteiger charge is -2.35. The summed E-state index contributed by atoms with van der Waals surface area (Å²) in [5.74, 6) is -1.22. The number of nitrogens with zero attached hydrogens (tertiary/aromatic N) is 1. The number of benzene rings is 2. The molecule has 0 saturated heterocycles. The van der Waals surface area contributed by atoms with Crippen LogP contribution >= 0.6 is 0 Å². The van der Waals surface area contributed by atoms with E-state index in [1.165, 1.54) is 12.0 Å². The van der Waals surface area contributed by atoms with E-state index in [1.54, 1.807) is 24.3 Å². The van der Waals surface area contributed by atoms with Crippen LogP contribution in [0.3, 0.4) is 0 Å². The smallest absolute Gasteiger partial charge is 0.342 e. The molecule has 2 aromatic rings. The Hall–Kier alpha value is -3.35. The Morgan fingerprint density at radius 1 is 1.03 bits per heavy atom. The minimum atomic E-state index is -0.753. The summed E-state index contributed by atoms with van der Waals surface area (Å²) >= 11 is 0. The van der Waals surface area contributed by atoms with E-state index in [2.05, 4.69) is 0 Å². The molecule has 7 nitrogen and oxygen atoms in total. The Morgan fingerprint density at radius 2 is 1.72 bits per heavy atom. The van der Waals surface area contributed by atoms with Crippen LogP contribution in [0.15, 0.2) is 48.5 Å². The average molecular weight is 397 g/mol. The first kappa shape index (κ1) is 20.4. The molecule has 0 radical (unpaired) electrons.